The summed E-state index contributed by atoms with van der Waals surface area (Å²) in [7, 11) is 0. The molecule has 466 valence electrons. The van der Waals surface area contributed by atoms with Crippen molar-refractivity contribution in [2.45, 2.75) is 191 Å². The highest BCUT2D eigenvalue weighted by Gasteiger charge is 2.46. The fraction of sp³-hybridized carbons (Fsp3) is 0.755. The summed E-state index contributed by atoms with van der Waals surface area (Å²) in [5, 5.41) is 57.4. The first-order valence-electron chi connectivity index (χ1n) is 28.6. The number of nitrogens with two attached hydrogens (primary N) is 2. The molecule has 0 aromatic carbocycles. The van der Waals surface area contributed by atoms with Crippen molar-refractivity contribution in [3.63, 3.8) is 0 Å². The fourth-order valence-corrected chi connectivity index (χ4v) is 10.9. The third-order valence-corrected chi connectivity index (χ3v) is 15.3. The Balaban J connectivity index is 1.40. The summed E-state index contributed by atoms with van der Waals surface area (Å²) in [6.45, 7) is 5.95. The molecule has 12 amide bonds. The number of carbonyl (C=O) groups excluding carboxylic acids is 12. The maximum atomic E-state index is 14.2. The molecule has 4 heterocycles. The van der Waals surface area contributed by atoms with Gasteiger partial charge in [0, 0.05) is 39.5 Å². The van der Waals surface area contributed by atoms with Crippen LogP contribution in [0.4, 0.5) is 0 Å². The lowest BCUT2D eigenvalue weighted by Gasteiger charge is -2.34. The Labute approximate surface area is 482 Å². The average Bonchev–Trinajstić information content (AvgIpc) is 4.52. The summed E-state index contributed by atoms with van der Waals surface area (Å²) in [4.78, 5) is 179. The molecule has 0 aliphatic carbocycles. The summed E-state index contributed by atoms with van der Waals surface area (Å²) in [6.07, 6.45) is 2.66. The van der Waals surface area contributed by atoms with Crippen LogP contribution in [-0.2, 0) is 62.3 Å². The van der Waals surface area contributed by atoms with E-state index in [0.29, 0.717) is 45.1 Å². The monoisotopic (exact) mass is 1180 g/mol. The van der Waals surface area contributed by atoms with E-state index in [-0.39, 0.29) is 70.6 Å². The minimum Gasteiger partial charge on any atom is -0.481 e. The predicted molar refractivity (Wildman–Crippen MR) is 293 cm³/mol. The maximum Gasteiger partial charge on any atom is 0.303 e. The predicted octanol–water partition coefficient (Wildman–Crippen LogP) is -5.48. The van der Waals surface area contributed by atoms with E-state index in [1.807, 2.05) is 13.8 Å². The minimum absolute atomic E-state index is 0.0154. The van der Waals surface area contributed by atoms with Crippen molar-refractivity contribution in [3.8, 4) is 0 Å². The zero-order valence-corrected chi connectivity index (χ0v) is 48.1. The van der Waals surface area contributed by atoms with Gasteiger partial charge in [-0.25, -0.2) is 0 Å². The number of amides is 12. The van der Waals surface area contributed by atoms with Crippen LogP contribution < -0.4 is 48.7 Å². The number of hydrogen-bond donors (Lipinski definition) is 13. The molecule has 0 bridgehead atoms. The first-order chi connectivity index (χ1) is 39.3. The normalized spacial score (nSPS) is 21.2. The van der Waals surface area contributed by atoms with E-state index < -0.39 is 182 Å². The number of primary amides is 1. The first kappa shape index (κ1) is 68.4. The van der Waals surface area contributed by atoms with E-state index in [1.165, 1.54) is 14.7 Å². The van der Waals surface area contributed by atoms with Gasteiger partial charge in [-0.3, -0.25) is 62.3 Å². The molecule has 0 saturated carbocycles. The Kier molecular flexibility index (Phi) is 27.0. The average molecular weight is 1180 g/mol. The topological polar surface area (TPSA) is 452 Å². The van der Waals surface area contributed by atoms with Crippen LogP contribution in [0.15, 0.2) is 0 Å². The molecule has 4 aliphatic heterocycles. The van der Waals surface area contributed by atoms with Crippen LogP contribution in [-0.4, -0.2) is 236 Å². The van der Waals surface area contributed by atoms with Gasteiger partial charge in [-0.2, -0.15) is 0 Å². The molecule has 15 N–H and O–H groups in total. The van der Waals surface area contributed by atoms with Gasteiger partial charge in [0.05, 0.1) is 19.8 Å². The van der Waals surface area contributed by atoms with E-state index in [9.17, 15) is 82.8 Å². The zero-order valence-electron chi connectivity index (χ0n) is 48.1. The van der Waals surface area contributed by atoms with Crippen LogP contribution in [0.25, 0.3) is 0 Å². The van der Waals surface area contributed by atoms with Crippen LogP contribution in [0.2, 0.25) is 0 Å². The highest BCUT2D eigenvalue weighted by atomic mass is 16.4. The molecule has 83 heavy (non-hydrogen) atoms. The number of carbonyl (C=O) groups is 13. The van der Waals surface area contributed by atoms with Crippen molar-refractivity contribution in [3.05, 3.63) is 0 Å². The third kappa shape index (κ3) is 19.0. The van der Waals surface area contributed by atoms with Crippen molar-refractivity contribution in [2.24, 2.45) is 23.3 Å². The van der Waals surface area contributed by atoms with Crippen LogP contribution >= 0.6 is 0 Å². The summed E-state index contributed by atoms with van der Waals surface area (Å²) >= 11 is 0. The second kappa shape index (κ2) is 32.7. The van der Waals surface area contributed by atoms with Crippen LogP contribution in [0, 0.1) is 11.8 Å². The summed E-state index contributed by atoms with van der Waals surface area (Å²) in [6, 6.07) is -14.2. The van der Waals surface area contributed by atoms with Crippen molar-refractivity contribution >= 4 is 76.9 Å². The zero-order chi connectivity index (χ0) is 61.8. The molecular weight excluding hydrogens is 1090 g/mol. The van der Waals surface area contributed by atoms with Gasteiger partial charge in [0.2, 0.25) is 70.9 Å². The molecule has 0 unspecified atom stereocenters. The van der Waals surface area contributed by atoms with Gasteiger partial charge in [-0.1, -0.05) is 27.7 Å². The van der Waals surface area contributed by atoms with E-state index in [2.05, 4.69) is 37.2 Å². The summed E-state index contributed by atoms with van der Waals surface area (Å²) in [5.41, 5.74) is 11.1. The highest BCUT2D eigenvalue weighted by Crippen LogP contribution is 2.27. The second-order valence-corrected chi connectivity index (χ2v) is 22.3. The smallest absolute Gasteiger partial charge is 0.303 e. The fourth-order valence-electron chi connectivity index (χ4n) is 10.9. The van der Waals surface area contributed by atoms with Crippen molar-refractivity contribution in [1.29, 1.82) is 0 Å². The number of carboxylic acid groups (broad SMARTS) is 1. The number of nitrogens with zero attached hydrogens (tertiary/aromatic N) is 4. The van der Waals surface area contributed by atoms with Gasteiger partial charge >= 0.3 is 5.97 Å². The molecule has 4 saturated heterocycles. The molecule has 30 nitrogen and oxygen atoms in total. The highest BCUT2D eigenvalue weighted by molar-refractivity contribution is 6.00. The Morgan fingerprint density at radius 2 is 0.916 bits per heavy atom. The van der Waals surface area contributed by atoms with Crippen molar-refractivity contribution in [2.75, 3.05) is 52.5 Å². The Morgan fingerprint density at radius 1 is 0.494 bits per heavy atom. The quantitative estimate of drug-likeness (QED) is 0.0288. The number of unbranched alkanes of at least 4 members (excludes halogenated alkanes) is 1. The number of aliphatic hydroxyl groups is 3. The molecule has 11 atom stereocenters. The molecule has 0 radical (unpaired) electrons. The molecule has 0 aromatic heterocycles. The molecule has 4 aliphatic rings. The number of nitrogens with one attached hydrogen (secondary N) is 7. The van der Waals surface area contributed by atoms with Gasteiger partial charge < -0.3 is 88.7 Å². The number of carboxylic acids is 1. The van der Waals surface area contributed by atoms with Crippen LogP contribution in [0.1, 0.15) is 125 Å². The SMILES string of the molecule is CC(=O)N[C@@H](CO)C(=O)N[C@@H](CCC(=O)O)C(=O)N1CCC[C@H]1C(=O)N1CCC[C@H]1C(=O)N[C@@H](CO)C(=O)N1CCC[C@H]1C(=O)N[C@@H](CO)C(=O)N[C@H](C(=O)N[C@@H](CC(C)C)C(=O)N1CCC[C@H]1C(=O)N[C@@H](CCCCN)C(N)=O)C(C)C. The maximum absolute atomic E-state index is 14.2. The van der Waals surface area contributed by atoms with E-state index in [0.717, 1.165) is 11.8 Å². The van der Waals surface area contributed by atoms with Gasteiger partial charge in [-0.15, -0.1) is 0 Å². The molecular formula is C53H87N13O17. The Morgan fingerprint density at radius 3 is 1.39 bits per heavy atom. The van der Waals surface area contributed by atoms with Crippen LogP contribution in [0.3, 0.4) is 0 Å². The number of aliphatic carboxylic acids is 1. The second-order valence-electron chi connectivity index (χ2n) is 22.3. The van der Waals surface area contributed by atoms with Crippen molar-refractivity contribution < 1.29 is 82.8 Å². The largest absolute Gasteiger partial charge is 0.481 e. The Hall–Kier alpha value is -7.05. The Bertz CT molecular complexity index is 2360. The van der Waals surface area contributed by atoms with Gasteiger partial charge in [-0.05, 0) is 102 Å². The number of hydrogen-bond acceptors (Lipinski definition) is 17. The number of rotatable bonds is 31. The van der Waals surface area contributed by atoms with E-state index in [4.69, 9.17) is 11.5 Å². The van der Waals surface area contributed by atoms with Crippen molar-refractivity contribution in [1.82, 2.24) is 56.8 Å². The number of likely N-dealkylation sites (tertiary alicyclic amines) is 4. The van der Waals surface area contributed by atoms with Gasteiger partial charge in [0.15, 0.2) is 0 Å². The molecule has 0 aromatic rings. The minimum atomic E-state index is -1.65. The summed E-state index contributed by atoms with van der Waals surface area (Å²) in [5.74, 6) is -11.3. The first-order valence-corrected chi connectivity index (χ1v) is 28.6. The van der Waals surface area contributed by atoms with Gasteiger partial charge in [0.25, 0.3) is 0 Å². The standard InChI is InChI=1S/C53H87N13O17/c1-28(2)24-33(51(81)63-20-8-13-37(63)46(76)57-31(43(55)73)12-6-7-19-54)59-49(79)42(29(3)4)62-45(75)35(26-68)60-47(77)38-14-9-21-64(38)52(82)36(27-69)61-48(78)39-15-10-22-65(39)53(83)40-16-11-23-66(40)50(80)32(17-18-41(71)72)58-44(74)34(25-67)56-30(5)70/h28-29,31-40,42,67-69H,6-27,54H2,1-5H3,(H2,55,73)(H,56,70)(H,57,76)(H,58,74)(H,59,79)(H,60,77)(H,61,78)(H,62,75)(H,71,72)/t31-,32-,33-,34-,35-,36-,37-,38-,39-,40-,42-/m0/s1. The van der Waals surface area contributed by atoms with E-state index in [1.54, 1.807) is 13.8 Å². The summed E-state index contributed by atoms with van der Waals surface area (Å²) < 4.78 is 0. The molecule has 0 spiro atoms. The molecule has 30 heteroatoms. The third-order valence-electron chi connectivity index (χ3n) is 15.3. The van der Waals surface area contributed by atoms with Crippen LogP contribution in [0.5, 0.6) is 0 Å². The number of aliphatic hydroxyl groups excluding tert-OH is 3. The lowest BCUT2D eigenvalue weighted by Crippen LogP contribution is -2.61. The van der Waals surface area contributed by atoms with E-state index >= 15 is 0 Å². The molecule has 4 rings (SSSR count). The lowest BCUT2D eigenvalue weighted by atomic mass is 9.99. The lowest BCUT2D eigenvalue weighted by molar-refractivity contribution is -0.149. The molecule has 4 fully saturated rings. The van der Waals surface area contributed by atoms with Gasteiger partial charge in [0.1, 0.15) is 66.5 Å².